The van der Waals surface area contributed by atoms with E-state index in [0.717, 1.165) is 31.6 Å². The van der Waals surface area contributed by atoms with Crippen LogP contribution in [0.15, 0.2) is 22.8 Å². The minimum atomic E-state index is -0.129. The highest BCUT2D eigenvalue weighted by molar-refractivity contribution is 5.02. The molecular formula is C13H19NO2. The summed E-state index contributed by atoms with van der Waals surface area (Å²) in [4.78, 5) is 2.45. The smallest absolute Gasteiger partial charge is 0.117 e. The zero-order valence-electron chi connectivity index (χ0n) is 9.51. The van der Waals surface area contributed by atoms with Crippen molar-refractivity contribution in [3.63, 3.8) is 0 Å². The van der Waals surface area contributed by atoms with Gasteiger partial charge in [0.1, 0.15) is 5.76 Å². The second kappa shape index (κ2) is 4.22. The first-order valence-corrected chi connectivity index (χ1v) is 6.31. The molecule has 88 valence electrons. The van der Waals surface area contributed by atoms with Gasteiger partial charge < -0.3 is 9.52 Å². The van der Waals surface area contributed by atoms with Crippen molar-refractivity contribution < 1.29 is 9.52 Å². The highest BCUT2D eigenvalue weighted by Gasteiger charge is 2.39. The normalized spacial score (nSPS) is 30.1. The van der Waals surface area contributed by atoms with Crippen molar-refractivity contribution in [3.05, 3.63) is 24.2 Å². The first-order chi connectivity index (χ1) is 7.84. The van der Waals surface area contributed by atoms with Crippen LogP contribution in [0.2, 0.25) is 0 Å². The number of rotatable bonds is 4. The Morgan fingerprint density at radius 2 is 2.19 bits per heavy atom. The number of aliphatic hydroxyl groups is 1. The maximum absolute atomic E-state index is 9.99. The van der Waals surface area contributed by atoms with Crippen LogP contribution in [-0.2, 0) is 6.54 Å². The van der Waals surface area contributed by atoms with Gasteiger partial charge in [-0.3, -0.25) is 4.90 Å². The Bertz CT molecular complexity index is 332. The van der Waals surface area contributed by atoms with Gasteiger partial charge in [0.2, 0.25) is 0 Å². The summed E-state index contributed by atoms with van der Waals surface area (Å²) in [6.07, 6.45) is 7.42. The molecule has 2 saturated carbocycles. The van der Waals surface area contributed by atoms with Crippen molar-refractivity contribution in [1.82, 2.24) is 4.90 Å². The molecule has 3 nitrogen and oxygen atoms in total. The fourth-order valence-electron chi connectivity index (χ4n) is 2.81. The van der Waals surface area contributed by atoms with Crippen LogP contribution in [0.3, 0.4) is 0 Å². The molecule has 2 fully saturated rings. The van der Waals surface area contributed by atoms with Gasteiger partial charge in [-0.15, -0.1) is 0 Å². The van der Waals surface area contributed by atoms with Gasteiger partial charge in [0, 0.05) is 12.1 Å². The third-order valence-corrected chi connectivity index (χ3v) is 3.80. The third-order valence-electron chi connectivity index (χ3n) is 3.80. The molecule has 2 aliphatic rings. The second-order valence-electron chi connectivity index (χ2n) is 5.05. The molecule has 3 rings (SSSR count). The molecule has 0 amide bonds. The van der Waals surface area contributed by atoms with E-state index < -0.39 is 0 Å². The molecule has 1 aromatic rings. The zero-order chi connectivity index (χ0) is 11.0. The number of furan rings is 1. The molecule has 0 spiro atoms. The third kappa shape index (κ3) is 2.02. The number of hydrogen-bond acceptors (Lipinski definition) is 3. The maximum atomic E-state index is 9.99. The van der Waals surface area contributed by atoms with E-state index >= 15 is 0 Å². The zero-order valence-corrected chi connectivity index (χ0v) is 9.51. The van der Waals surface area contributed by atoms with Crippen molar-refractivity contribution in [3.8, 4) is 0 Å². The van der Waals surface area contributed by atoms with Crippen LogP contribution in [0.4, 0.5) is 0 Å². The van der Waals surface area contributed by atoms with Gasteiger partial charge in [-0.05, 0) is 44.2 Å². The van der Waals surface area contributed by atoms with Gasteiger partial charge in [-0.25, -0.2) is 0 Å². The van der Waals surface area contributed by atoms with Gasteiger partial charge in [0.05, 0.1) is 18.9 Å². The number of hydrogen-bond donors (Lipinski definition) is 1. The van der Waals surface area contributed by atoms with Crippen LogP contribution in [-0.4, -0.2) is 28.2 Å². The Labute approximate surface area is 96.1 Å². The minimum absolute atomic E-state index is 0.129. The summed E-state index contributed by atoms with van der Waals surface area (Å²) in [5.74, 6) is 1.02. The first-order valence-electron chi connectivity index (χ1n) is 6.31. The fraction of sp³-hybridized carbons (Fsp3) is 0.692. The minimum Gasteiger partial charge on any atom is -0.468 e. The van der Waals surface area contributed by atoms with Crippen molar-refractivity contribution >= 4 is 0 Å². The maximum Gasteiger partial charge on any atom is 0.117 e. The molecule has 1 aromatic heterocycles. The van der Waals surface area contributed by atoms with E-state index in [1.807, 2.05) is 12.1 Å². The lowest BCUT2D eigenvalue weighted by Gasteiger charge is -2.30. The summed E-state index contributed by atoms with van der Waals surface area (Å²) in [5, 5.41) is 9.99. The van der Waals surface area contributed by atoms with E-state index in [-0.39, 0.29) is 6.10 Å². The SMILES string of the molecule is O[C@@H]1CCC[C@H]1N(Cc1ccco1)C1CC1. The average Bonchev–Trinajstić information content (AvgIpc) is 2.82. The molecule has 1 N–H and O–H groups in total. The molecule has 0 aromatic carbocycles. The Hall–Kier alpha value is -0.800. The van der Waals surface area contributed by atoms with Crippen LogP contribution in [0, 0.1) is 0 Å². The summed E-state index contributed by atoms with van der Waals surface area (Å²) in [5.41, 5.74) is 0. The molecule has 16 heavy (non-hydrogen) atoms. The lowest BCUT2D eigenvalue weighted by molar-refractivity contribution is 0.0564. The molecule has 0 unspecified atom stereocenters. The molecule has 2 aliphatic carbocycles. The monoisotopic (exact) mass is 221 g/mol. The van der Waals surface area contributed by atoms with E-state index in [1.165, 1.54) is 12.8 Å². The van der Waals surface area contributed by atoms with Gasteiger partial charge in [-0.2, -0.15) is 0 Å². The quantitative estimate of drug-likeness (QED) is 0.846. The lowest BCUT2D eigenvalue weighted by atomic mass is 10.1. The summed E-state index contributed by atoms with van der Waals surface area (Å²) < 4.78 is 5.41. The van der Waals surface area contributed by atoms with E-state index in [1.54, 1.807) is 6.26 Å². The highest BCUT2D eigenvalue weighted by Crippen LogP contribution is 2.35. The first kappa shape index (κ1) is 10.4. The molecule has 0 saturated heterocycles. The van der Waals surface area contributed by atoms with E-state index in [9.17, 15) is 5.11 Å². The Morgan fingerprint density at radius 3 is 2.75 bits per heavy atom. The van der Waals surface area contributed by atoms with Crippen LogP contribution in [0.1, 0.15) is 37.9 Å². The Balaban J connectivity index is 1.71. The Morgan fingerprint density at radius 1 is 1.31 bits per heavy atom. The van der Waals surface area contributed by atoms with Crippen molar-refractivity contribution in [2.24, 2.45) is 0 Å². The average molecular weight is 221 g/mol. The molecule has 0 bridgehead atoms. The second-order valence-corrected chi connectivity index (χ2v) is 5.05. The van der Waals surface area contributed by atoms with Gasteiger partial charge in [-0.1, -0.05) is 0 Å². The van der Waals surface area contributed by atoms with Crippen LogP contribution >= 0.6 is 0 Å². The van der Waals surface area contributed by atoms with Gasteiger partial charge >= 0.3 is 0 Å². The standard InChI is InChI=1S/C13H19NO2/c15-13-5-1-4-12(13)14(10-6-7-10)9-11-3-2-8-16-11/h2-3,8,10,12-13,15H,1,4-7,9H2/t12-,13-/m1/s1. The molecule has 0 radical (unpaired) electrons. The number of aliphatic hydroxyl groups excluding tert-OH is 1. The Kier molecular flexibility index (Phi) is 2.74. The topological polar surface area (TPSA) is 36.6 Å². The number of nitrogens with zero attached hydrogens (tertiary/aromatic N) is 1. The molecular weight excluding hydrogens is 202 g/mol. The highest BCUT2D eigenvalue weighted by atomic mass is 16.3. The van der Waals surface area contributed by atoms with Gasteiger partial charge in [0.25, 0.3) is 0 Å². The van der Waals surface area contributed by atoms with Crippen molar-refractivity contribution in [1.29, 1.82) is 0 Å². The summed E-state index contributed by atoms with van der Waals surface area (Å²) in [6.45, 7) is 0.861. The van der Waals surface area contributed by atoms with Crippen molar-refractivity contribution in [2.75, 3.05) is 0 Å². The summed E-state index contributed by atoms with van der Waals surface area (Å²) in [6, 6.07) is 5.00. The van der Waals surface area contributed by atoms with Crippen molar-refractivity contribution in [2.45, 2.75) is 56.8 Å². The molecule has 1 heterocycles. The molecule has 3 heteroatoms. The lowest BCUT2D eigenvalue weighted by Crippen LogP contribution is -2.41. The fourth-order valence-corrected chi connectivity index (χ4v) is 2.81. The largest absolute Gasteiger partial charge is 0.468 e. The van der Waals surface area contributed by atoms with E-state index in [4.69, 9.17) is 4.42 Å². The molecule has 2 atom stereocenters. The van der Waals surface area contributed by atoms with Crippen LogP contribution in [0.25, 0.3) is 0 Å². The van der Waals surface area contributed by atoms with Crippen LogP contribution < -0.4 is 0 Å². The molecule has 0 aliphatic heterocycles. The van der Waals surface area contributed by atoms with Crippen LogP contribution in [0.5, 0.6) is 0 Å². The predicted octanol–water partition coefficient (Wildman–Crippen LogP) is 2.16. The van der Waals surface area contributed by atoms with Gasteiger partial charge in [0.15, 0.2) is 0 Å². The summed E-state index contributed by atoms with van der Waals surface area (Å²) >= 11 is 0. The summed E-state index contributed by atoms with van der Waals surface area (Å²) in [7, 11) is 0. The van der Waals surface area contributed by atoms with E-state index in [0.29, 0.717) is 12.1 Å². The predicted molar refractivity (Wildman–Crippen MR) is 60.9 cm³/mol. The van der Waals surface area contributed by atoms with E-state index in [2.05, 4.69) is 4.90 Å².